The molecule has 0 amide bonds. The van der Waals surface area contributed by atoms with Crippen LogP contribution in [0.2, 0.25) is 5.02 Å². The SMILES string of the molecule is C=CCc1cc([C@H]2C(C(=O)OC)=C(C)NC3=C2C(=O)c2ccccc23)cc(OCC)c1OCc1ccc(Cl)cc1. The van der Waals surface area contributed by atoms with E-state index in [1.54, 1.807) is 6.08 Å². The lowest BCUT2D eigenvalue weighted by molar-refractivity contribution is -0.136. The molecule has 0 aromatic heterocycles. The van der Waals surface area contributed by atoms with Gasteiger partial charge in [-0.2, -0.15) is 0 Å². The van der Waals surface area contributed by atoms with E-state index in [2.05, 4.69) is 11.9 Å². The van der Waals surface area contributed by atoms with Gasteiger partial charge in [-0.15, -0.1) is 6.58 Å². The fourth-order valence-electron chi connectivity index (χ4n) is 5.36. The van der Waals surface area contributed by atoms with Crippen LogP contribution in [0.3, 0.4) is 0 Å². The summed E-state index contributed by atoms with van der Waals surface area (Å²) >= 11 is 6.05. The average Bonchev–Trinajstić information content (AvgIpc) is 3.23. The zero-order valence-corrected chi connectivity index (χ0v) is 23.4. The van der Waals surface area contributed by atoms with Crippen LogP contribution in [0.25, 0.3) is 5.70 Å². The van der Waals surface area contributed by atoms with Crippen molar-refractivity contribution >= 4 is 29.1 Å². The van der Waals surface area contributed by atoms with Gasteiger partial charge in [0.2, 0.25) is 0 Å². The summed E-state index contributed by atoms with van der Waals surface area (Å²) in [5, 5.41) is 3.97. The Morgan fingerprint density at radius 1 is 1.07 bits per heavy atom. The van der Waals surface area contributed by atoms with Crippen molar-refractivity contribution in [2.45, 2.75) is 32.8 Å². The molecular formula is C33H30ClNO5. The van der Waals surface area contributed by atoms with Crippen LogP contribution in [0.1, 0.15) is 52.4 Å². The Kier molecular flexibility index (Phi) is 7.81. The van der Waals surface area contributed by atoms with Gasteiger partial charge in [0.05, 0.1) is 25.0 Å². The highest BCUT2D eigenvalue weighted by molar-refractivity contribution is 6.30. The lowest BCUT2D eigenvalue weighted by Crippen LogP contribution is -2.29. The molecular weight excluding hydrogens is 526 g/mol. The molecule has 2 aliphatic rings. The molecule has 0 unspecified atom stereocenters. The molecule has 0 fully saturated rings. The average molecular weight is 556 g/mol. The minimum atomic E-state index is -0.670. The van der Waals surface area contributed by atoms with Crippen molar-refractivity contribution < 1.29 is 23.8 Å². The van der Waals surface area contributed by atoms with Crippen LogP contribution in [0.15, 0.2) is 90.2 Å². The number of benzene rings is 3. The fourth-order valence-corrected chi connectivity index (χ4v) is 5.49. The maximum Gasteiger partial charge on any atom is 0.336 e. The number of fused-ring (bicyclic) bond motifs is 2. The van der Waals surface area contributed by atoms with Gasteiger partial charge in [0.25, 0.3) is 0 Å². The predicted molar refractivity (Wildman–Crippen MR) is 156 cm³/mol. The third-order valence-electron chi connectivity index (χ3n) is 7.10. The number of esters is 1. The van der Waals surface area contributed by atoms with Crippen LogP contribution >= 0.6 is 11.6 Å². The first kappa shape index (κ1) is 27.3. The second-order valence-corrected chi connectivity index (χ2v) is 10.0. The molecule has 5 rings (SSSR count). The number of ether oxygens (including phenoxy) is 3. The molecule has 0 bridgehead atoms. The molecule has 1 aliphatic heterocycles. The van der Waals surface area contributed by atoms with Crippen LogP contribution in [0.4, 0.5) is 0 Å². The summed E-state index contributed by atoms with van der Waals surface area (Å²) in [5.41, 5.74) is 6.16. The molecule has 204 valence electrons. The van der Waals surface area contributed by atoms with E-state index in [0.29, 0.717) is 64.3 Å². The summed E-state index contributed by atoms with van der Waals surface area (Å²) in [4.78, 5) is 27.0. The van der Waals surface area contributed by atoms with Gasteiger partial charge in [-0.05, 0) is 49.6 Å². The van der Waals surface area contributed by atoms with Crippen molar-refractivity contribution in [1.29, 1.82) is 0 Å². The lowest BCUT2D eigenvalue weighted by Gasteiger charge is -2.30. The van der Waals surface area contributed by atoms with E-state index in [4.69, 9.17) is 25.8 Å². The van der Waals surface area contributed by atoms with Gasteiger partial charge >= 0.3 is 5.97 Å². The van der Waals surface area contributed by atoms with Crippen molar-refractivity contribution in [2.75, 3.05) is 13.7 Å². The number of nitrogens with one attached hydrogen (secondary N) is 1. The van der Waals surface area contributed by atoms with E-state index >= 15 is 0 Å². The molecule has 3 aromatic carbocycles. The number of hydrogen-bond acceptors (Lipinski definition) is 6. The van der Waals surface area contributed by atoms with Crippen molar-refractivity contribution in [3.8, 4) is 11.5 Å². The number of Topliss-reactive ketones (excluding diaryl/α,β-unsaturated/α-hetero) is 1. The first-order chi connectivity index (χ1) is 19.4. The minimum absolute atomic E-state index is 0.122. The highest BCUT2D eigenvalue weighted by atomic mass is 35.5. The van der Waals surface area contributed by atoms with E-state index < -0.39 is 11.9 Å². The summed E-state index contributed by atoms with van der Waals surface area (Å²) < 4.78 is 17.6. The Labute approximate surface area is 238 Å². The van der Waals surface area contributed by atoms with E-state index in [1.807, 2.05) is 74.5 Å². The molecule has 1 N–H and O–H groups in total. The largest absolute Gasteiger partial charge is 0.490 e. The number of allylic oxidation sites excluding steroid dienone is 3. The van der Waals surface area contributed by atoms with Gasteiger partial charge in [0.15, 0.2) is 17.3 Å². The highest BCUT2D eigenvalue weighted by Crippen LogP contribution is 2.48. The number of halogens is 1. The summed E-state index contributed by atoms with van der Waals surface area (Å²) in [7, 11) is 1.34. The molecule has 0 saturated carbocycles. The monoisotopic (exact) mass is 555 g/mol. The van der Waals surface area contributed by atoms with Gasteiger partial charge in [-0.3, -0.25) is 4.79 Å². The molecule has 0 spiro atoms. The lowest BCUT2D eigenvalue weighted by atomic mass is 9.79. The van der Waals surface area contributed by atoms with E-state index in [1.165, 1.54) is 7.11 Å². The summed E-state index contributed by atoms with van der Waals surface area (Å²) in [6.07, 6.45) is 2.28. The zero-order valence-electron chi connectivity index (χ0n) is 22.7. The van der Waals surface area contributed by atoms with E-state index in [-0.39, 0.29) is 5.78 Å². The molecule has 7 heteroatoms. The Morgan fingerprint density at radius 2 is 1.80 bits per heavy atom. The molecule has 0 saturated heterocycles. The summed E-state index contributed by atoms with van der Waals surface area (Å²) in [6.45, 7) is 8.37. The summed E-state index contributed by atoms with van der Waals surface area (Å²) in [5.74, 6) is -0.183. The topological polar surface area (TPSA) is 73.9 Å². The van der Waals surface area contributed by atoms with Gasteiger partial charge in [-0.1, -0.05) is 60.1 Å². The number of rotatable bonds is 9. The number of carbonyl (C=O) groups is 2. The van der Waals surface area contributed by atoms with Crippen molar-refractivity contribution in [3.05, 3.63) is 123 Å². The van der Waals surface area contributed by atoms with Crippen molar-refractivity contribution in [1.82, 2.24) is 5.32 Å². The van der Waals surface area contributed by atoms with Crippen LogP contribution in [-0.2, 0) is 22.6 Å². The first-order valence-corrected chi connectivity index (χ1v) is 13.5. The van der Waals surface area contributed by atoms with E-state index in [0.717, 1.165) is 22.3 Å². The molecule has 1 aliphatic carbocycles. The molecule has 6 nitrogen and oxygen atoms in total. The number of hydrogen-bond donors (Lipinski definition) is 1. The van der Waals surface area contributed by atoms with Crippen LogP contribution in [0, 0.1) is 0 Å². The summed E-state index contributed by atoms with van der Waals surface area (Å²) in [6, 6.07) is 18.8. The minimum Gasteiger partial charge on any atom is -0.490 e. The molecule has 0 radical (unpaired) electrons. The predicted octanol–water partition coefficient (Wildman–Crippen LogP) is 6.79. The second-order valence-electron chi connectivity index (χ2n) is 9.60. The first-order valence-electron chi connectivity index (χ1n) is 13.1. The Bertz CT molecular complexity index is 1570. The maximum atomic E-state index is 13.8. The van der Waals surface area contributed by atoms with Gasteiger partial charge < -0.3 is 19.5 Å². The normalized spacial score (nSPS) is 15.8. The zero-order chi connectivity index (χ0) is 28.4. The van der Waals surface area contributed by atoms with Gasteiger partial charge in [-0.25, -0.2) is 4.79 Å². The standard InChI is InChI=1S/C33H30ClNO5/c1-5-9-21-16-22(17-26(39-6-2)32(21)40-18-20-12-14-23(34)15-13-20)28-27(33(37)38-4)19(3)35-30-24-10-7-8-11-25(24)31(36)29(28)30/h5,7-8,10-17,28,35H,1,6,9,18H2,2-4H3/t28-/m0/s1. The number of methoxy groups -OCH3 is 1. The fraction of sp³-hybridized carbons (Fsp3) is 0.212. The number of dihydropyridines is 1. The van der Waals surface area contributed by atoms with Gasteiger partial charge in [0, 0.05) is 38.9 Å². The van der Waals surface area contributed by atoms with Crippen molar-refractivity contribution in [2.24, 2.45) is 0 Å². The van der Waals surface area contributed by atoms with Crippen LogP contribution in [-0.4, -0.2) is 25.5 Å². The number of carbonyl (C=O) groups excluding carboxylic acids is 2. The van der Waals surface area contributed by atoms with E-state index in [9.17, 15) is 9.59 Å². The molecule has 1 heterocycles. The smallest absolute Gasteiger partial charge is 0.336 e. The van der Waals surface area contributed by atoms with Crippen molar-refractivity contribution in [3.63, 3.8) is 0 Å². The third-order valence-corrected chi connectivity index (χ3v) is 7.35. The van der Waals surface area contributed by atoms with Crippen LogP contribution in [0.5, 0.6) is 11.5 Å². The quantitative estimate of drug-likeness (QED) is 0.231. The Hall–Kier alpha value is -4.29. The molecule has 1 atom stereocenters. The number of ketones is 1. The maximum absolute atomic E-state index is 13.8. The Balaban J connectivity index is 1.66. The van der Waals surface area contributed by atoms with Gasteiger partial charge in [0.1, 0.15) is 6.61 Å². The second kappa shape index (κ2) is 11.4. The third kappa shape index (κ3) is 4.91. The highest BCUT2D eigenvalue weighted by Gasteiger charge is 2.43. The van der Waals surface area contributed by atoms with Crippen LogP contribution < -0.4 is 14.8 Å². The molecule has 40 heavy (non-hydrogen) atoms. The Morgan fingerprint density at radius 3 is 2.48 bits per heavy atom. The molecule has 3 aromatic rings.